The van der Waals surface area contributed by atoms with E-state index in [1.54, 1.807) is 6.92 Å². The Hall–Kier alpha value is -1.84. The Morgan fingerprint density at radius 1 is 1.57 bits per heavy atom. The number of ether oxygens (including phenoxy) is 1. The highest BCUT2D eigenvalue weighted by Crippen LogP contribution is 2.29. The number of hydrogen-bond acceptors (Lipinski definition) is 5. The maximum absolute atomic E-state index is 10.6. The van der Waals surface area contributed by atoms with E-state index in [4.69, 9.17) is 16.3 Å². The van der Waals surface area contributed by atoms with Crippen LogP contribution in [0.1, 0.15) is 27.2 Å². The van der Waals surface area contributed by atoms with Crippen LogP contribution in [0.15, 0.2) is 18.2 Å². The van der Waals surface area contributed by atoms with E-state index < -0.39 is 10.5 Å². The molecule has 0 heterocycles. The SMILES string of the molecule is CC(C)NC(C)(C#N)CCOc1ccc([N+](=O)[O-])cc1Cl. The molecule has 0 saturated carbocycles. The molecular weight excluding hydrogens is 294 g/mol. The van der Waals surface area contributed by atoms with Gasteiger partial charge in [-0.1, -0.05) is 11.6 Å². The number of nitriles is 1. The molecule has 114 valence electrons. The van der Waals surface area contributed by atoms with Crippen molar-refractivity contribution in [3.05, 3.63) is 33.3 Å². The summed E-state index contributed by atoms with van der Waals surface area (Å²) in [6.45, 7) is 6.00. The minimum absolute atomic E-state index is 0.0873. The quantitative estimate of drug-likeness (QED) is 0.616. The van der Waals surface area contributed by atoms with Crippen LogP contribution in [0.25, 0.3) is 0 Å². The van der Waals surface area contributed by atoms with Crippen LogP contribution in [-0.4, -0.2) is 23.1 Å². The van der Waals surface area contributed by atoms with Gasteiger partial charge in [-0.3, -0.25) is 15.4 Å². The molecule has 0 spiro atoms. The third kappa shape index (κ3) is 5.21. The minimum Gasteiger partial charge on any atom is -0.492 e. The maximum Gasteiger partial charge on any atom is 0.271 e. The monoisotopic (exact) mass is 311 g/mol. The van der Waals surface area contributed by atoms with Crippen molar-refractivity contribution in [2.45, 2.75) is 38.8 Å². The molecule has 0 aliphatic rings. The molecule has 0 aromatic heterocycles. The second-order valence-electron chi connectivity index (χ2n) is 5.21. The highest BCUT2D eigenvalue weighted by molar-refractivity contribution is 6.32. The van der Waals surface area contributed by atoms with E-state index in [1.165, 1.54) is 18.2 Å². The first-order valence-electron chi connectivity index (χ1n) is 6.53. The lowest BCUT2D eigenvalue weighted by atomic mass is 9.99. The molecule has 1 rings (SSSR count). The zero-order chi connectivity index (χ0) is 16.0. The van der Waals surface area contributed by atoms with Crippen molar-refractivity contribution in [2.75, 3.05) is 6.61 Å². The van der Waals surface area contributed by atoms with Crippen LogP contribution in [0.4, 0.5) is 5.69 Å². The number of nitro benzene ring substituents is 1. The van der Waals surface area contributed by atoms with Crippen molar-refractivity contribution in [1.82, 2.24) is 5.32 Å². The standard InChI is InChI=1S/C14H18ClN3O3/c1-10(2)17-14(3,9-16)6-7-21-13-5-4-11(18(19)20)8-12(13)15/h4-5,8,10,17H,6-7H2,1-3H3. The molecule has 0 saturated heterocycles. The predicted octanol–water partition coefficient (Wildman–Crippen LogP) is 3.30. The van der Waals surface area contributed by atoms with Gasteiger partial charge in [0, 0.05) is 24.6 Å². The summed E-state index contributed by atoms with van der Waals surface area (Å²) in [6, 6.07) is 6.43. The third-order valence-electron chi connectivity index (χ3n) is 2.84. The molecular formula is C14H18ClN3O3. The molecule has 1 atom stereocenters. The molecule has 1 N–H and O–H groups in total. The Morgan fingerprint density at radius 3 is 2.71 bits per heavy atom. The molecule has 21 heavy (non-hydrogen) atoms. The Kier molecular flexibility index (Phi) is 5.94. The molecule has 0 radical (unpaired) electrons. The van der Waals surface area contributed by atoms with Crippen molar-refractivity contribution in [3.8, 4) is 11.8 Å². The van der Waals surface area contributed by atoms with Crippen LogP contribution in [-0.2, 0) is 0 Å². The summed E-state index contributed by atoms with van der Waals surface area (Å²) < 4.78 is 5.50. The fraction of sp³-hybridized carbons (Fsp3) is 0.500. The number of nitrogens with zero attached hydrogens (tertiary/aromatic N) is 2. The zero-order valence-electron chi connectivity index (χ0n) is 12.2. The van der Waals surface area contributed by atoms with E-state index in [0.717, 1.165) is 0 Å². The topological polar surface area (TPSA) is 88.2 Å². The van der Waals surface area contributed by atoms with E-state index in [1.807, 2.05) is 13.8 Å². The maximum atomic E-state index is 10.6. The molecule has 1 unspecified atom stereocenters. The number of non-ortho nitro benzene ring substituents is 1. The van der Waals surface area contributed by atoms with E-state index in [0.29, 0.717) is 12.2 Å². The lowest BCUT2D eigenvalue weighted by Crippen LogP contribution is -2.45. The lowest BCUT2D eigenvalue weighted by molar-refractivity contribution is -0.384. The second-order valence-corrected chi connectivity index (χ2v) is 5.62. The normalized spacial score (nSPS) is 13.5. The van der Waals surface area contributed by atoms with Gasteiger partial charge in [-0.25, -0.2) is 0 Å². The van der Waals surface area contributed by atoms with E-state index >= 15 is 0 Å². The molecule has 1 aromatic carbocycles. The van der Waals surface area contributed by atoms with Gasteiger partial charge in [-0.05, 0) is 26.8 Å². The van der Waals surface area contributed by atoms with Crippen LogP contribution in [0.5, 0.6) is 5.75 Å². The lowest BCUT2D eigenvalue weighted by Gasteiger charge is -2.25. The first kappa shape index (κ1) is 17.2. The van der Waals surface area contributed by atoms with E-state index in [2.05, 4.69) is 11.4 Å². The van der Waals surface area contributed by atoms with Gasteiger partial charge in [0.2, 0.25) is 0 Å². The molecule has 0 aliphatic carbocycles. The fourth-order valence-electron chi connectivity index (χ4n) is 1.88. The Balaban J connectivity index is 2.64. The van der Waals surface area contributed by atoms with Gasteiger partial charge < -0.3 is 4.74 Å². The van der Waals surface area contributed by atoms with Gasteiger partial charge in [-0.15, -0.1) is 0 Å². The molecule has 0 fully saturated rings. The fourth-order valence-corrected chi connectivity index (χ4v) is 2.11. The Bertz CT molecular complexity index is 557. The first-order chi connectivity index (χ1) is 9.77. The van der Waals surface area contributed by atoms with Crippen molar-refractivity contribution < 1.29 is 9.66 Å². The molecule has 7 heteroatoms. The van der Waals surface area contributed by atoms with Crippen molar-refractivity contribution in [3.63, 3.8) is 0 Å². The number of nitrogens with one attached hydrogen (secondary N) is 1. The first-order valence-corrected chi connectivity index (χ1v) is 6.91. The molecule has 6 nitrogen and oxygen atoms in total. The highest BCUT2D eigenvalue weighted by atomic mass is 35.5. The Morgan fingerprint density at radius 2 is 2.24 bits per heavy atom. The van der Waals surface area contributed by atoms with E-state index in [9.17, 15) is 15.4 Å². The summed E-state index contributed by atoms with van der Waals surface area (Å²) in [6.07, 6.45) is 0.467. The van der Waals surface area contributed by atoms with Gasteiger partial charge in [0.25, 0.3) is 5.69 Å². The number of nitro groups is 1. The van der Waals surface area contributed by atoms with Gasteiger partial charge in [-0.2, -0.15) is 5.26 Å². The summed E-state index contributed by atoms with van der Waals surface area (Å²) in [5.74, 6) is 0.368. The summed E-state index contributed by atoms with van der Waals surface area (Å²) in [5.41, 5.74) is -0.780. The molecule has 0 bridgehead atoms. The number of halogens is 1. The van der Waals surface area contributed by atoms with Gasteiger partial charge in [0.1, 0.15) is 11.3 Å². The third-order valence-corrected chi connectivity index (χ3v) is 3.14. The van der Waals surface area contributed by atoms with Crippen molar-refractivity contribution in [2.24, 2.45) is 0 Å². The van der Waals surface area contributed by atoms with Gasteiger partial charge >= 0.3 is 0 Å². The number of hydrogen-bond donors (Lipinski definition) is 1. The van der Waals surface area contributed by atoms with Gasteiger partial charge in [0.05, 0.1) is 22.6 Å². The summed E-state index contributed by atoms with van der Waals surface area (Å²) >= 11 is 5.93. The van der Waals surface area contributed by atoms with Crippen LogP contribution >= 0.6 is 11.6 Å². The van der Waals surface area contributed by atoms with Crippen molar-refractivity contribution >= 4 is 17.3 Å². The highest BCUT2D eigenvalue weighted by Gasteiger charge is 2.24. The average Bonchev–Trinajstić information content (AvgIpc) is 2.39. The molecule has 1 aromatic rings. The zero-order valence-corrected chi connectivity index (χ0v) is 13.0. The smallest absolute Gasteiger partial charge is 0.271 e. The van der Waals surface area contributed by atoms with Crippen molar-refractivity contribution in [1.29, 1.82) is 5.26 Å². The summed E-state index contributed by atoms with van der Waals surface area (Å²) in [4.78, 5) is 10.1. The predicted molar refractivity (Wildman–Crippen MR) is 80.5 cm³/mol. The number of rotatable bonds is 7. The van der Waals surface area contributed by atoms with Crippen LogP contribution < -0.4 is 10.1 Å². The number of benzene rings is 1. The summed E-state index contributed by atoms with van der Waals surface area (Å²) in [5, 5.41) is 23.2. The molecule has 0 aliphatic heterocycles. The second kappa shape index (κ2) is 7.25. The summed E-state index contributed by atoms with van der Waals surface area (Å²) in [7, 11) is 0. The van der Waals surface area contributed by atoms with Gasteiger partial charge in [0.15, 0.2) is 0 Å². The molecule has 0 amide bonds. The van der Waals surface area contributed by atoms with E-state index in [-0.39, 0.29) is 23.4 Å². The van der Waals surface area contributed by atoms with Crippen LogP contribution in [0, 0.1) is 21.4 Å². The Labute approximate surface area is 128 Å². The average molecular weight is 312 g/mol. The van der Waals surface area contributed by atoms with Crippen LogP contribution in [0.3, 0.4) is 0 Å². The minimum atomic E-state index is -0.693. The van der Waals surface area contributed by atoms with Crippen LogP contribution in [0.2, 0.25) is 5.02 Å². The largest absolute Gasteiger partial charge is 0.492 e.